The number of aromatic nitrogens is 2. The highest BCUT2D eigenvalue weighted by Crippen LogP contribution is 2.21. The van der Waals surface area contributed by atoms with Gasteiger partial charge in [0.05, 0.1) is 25.3 Å². The van der Waals surface area contributed by atoms with Crippen LogP contribution in [-0.4, -0.2) is 49.4 Å². The van der Waals surface area contributed by atoms with E-state index in [0.29, 0.717) is 0 Å². The highest BCUT2D eigenvalue weighted by Gasteiger charge is 2.12. The number of fused-ring (bicyclic) bond motifs is 1. The summed E-state index contributed by atoms with van der Waals surface area (Å²) in [6.45, 7) is 6.21. The predicted octanol–water partition coefficient (Wildman–Crippen LogP) is 0.951. The van der Waals surface area contributed by atoms with Gasteiger partial charge in [-0.25, -0.2) is 9.97 Å². The quantitative estimate of drug-likeness (QED) is 0.581. The summed E-state index contributed by atoms with van der Waals surface area (Å²) in [6, 6.07) is 6.24. The molecule has 1 aromatic carbocycles. The summed E-state index contributed by atoms with van der Waals surface area (Å²) in [4.78, 5) is 10.3. The first-order valence-electron chi connectivity index (χ1n) is 7.38. The lowest BCUT2D eigenvalue weighted by molar-refractivity contribution is -0.908. The molecule has 1 fully saturated rings. The number of hydrogen-bond acceptors (Lipinski definition) is 4. The van der Waals surface area contributed by atoms with E-state index < -0.39 is 0 Å². The van der Waals surface area contributed by atoms with E-state index in [4.69, 9.17) is 4.74 Å². The van der Waals surface area contributed by atoms with E-state index in [2.05, 4.69) is 50.0 Å². The molecule has 0 saturated carbocycles. The van der Waals surface area contributed by atoms with Crippen LogP contribution >= 0.6 is 22.6 Å². The third-order valence-corrected chi connectivity index (χ3v) is 4.47. The lowest BCUT2D eigenvalue weighted by atomic mass is 10.2. The topological polar surface area (TPSA) is 51.5 Å². The van der Waals surface area contributed by atoms with Crippen LogP contribution in [0.3, 0.4) is 0 Å². The third kappa shape index (κ3) is 4.02. The van der Waals surface area contributed by atoms with Crippen molar-refractivity contribution in [1.82, 2.24) is 9.97 Å². The molecule has 1 aliphatic heterocycles. The van der Waals surface area contributed by atoms with Gasteiger partial charge in [-0.3, -0.25) is 0 Å². The Morgan fingerprint density at radius 3 is 2.95 bits per heavy atom. The van der Waals surface area contributed by atoms with Crippen molar-refractivity contribution in [3.8, 4) is 0 Å². The zero-order chi connectivity index (χ0) is 14.5. The second-order valence-corrected chi connectivity index (χ2v) is 6.52. The maximum absolute atomic E-state index is 5.38. The molecule has 2 N–H and O–H groups in total. The summed E-state index contributed by atoms with van der Waals surface area (Å²) in [5.41, 5.74) is 0.992. The number of nitrogens with one attached hydrogen (secondary N) is 2. The van der Waals surface area contributed by atoms with Crippen molar-refractivity contribution in [1.29, 1.82) is 0 Å². The molecule has 112 valence electrons. The Hall–Kier alpha value is -0.990. The summed E-state index contributed by atoms with van der Waals surface area (Å²) < 4.78 is 6.58. The van der Waals surface area contributed by atoms with Gasteiger partial charge in [0.2, 0.25) is 0 Å². The van der Waals surface area contributed by atoms with E-state index in [1.165, 1.54) is 10.1 Å². The molecule has 1 aliphatic rings. The van der Waals surface area contributed by atoms with Crippen LogP contribution in [0.25, 0.3) is 10.9 Å². The van der Waals surface area contributed by atoms with Crippen molar-refractivity contribution < 1.29 is 9.64 Å². The normalized spacial score (nSPS) is 16.2. The SMILES string of the molecule is Ic1ccc2ncnc(NCCC[NH+]3CCOCC3)c2c1. The Kier molecular flexibility index (Phi) is 5.21. The Balaban J connectivity index is 1.56. The van der Waals surface area contributed by atoms with Crippen molar-refractivity contribution in [2.75, 3.05) is 44.7 Å². The van der Waals surface area contributed by atoms with Crippen LogP contribution in [0.5, 0.6) is 0 Å². The molecule has 5 nitrogen and oxygen atoms in total. The number of ether oxygens (including phenoxy) is 1. The van der Waals surface area contributed by atoms with E-state index >= 15 is 0 Å². The van der Waals surface area contributed by atoms with Gasteiger partial charge >= 0.3 is 0 Å². The number of nitrogens with zero attached hydrogens (tertiary/aromatic N) is 2. The van der Waals surface area contributed by atoms with Crippen LogP contribution in [0.2, 0.25) is 0 Å². The van der Waals surface area contributed by atoms with Crippen LogP contribution in [-0.2, 0) is 4.74 Å². The molecule has 0 aliphatic carbocycles. The molecule has 0 radical (unpaired) electrons. The highest BCUT2D eigenvalue weighted by molar-refractivity contribution is 14.1. The van der Waals surface area contributed by atoms with Gasteiger partial charge in [0.25, 0.3) is 0 Å². The second-order valence-electron chi connectivity index (χ2n) is 5.28. The minimum atomic E-state index is 0.901. The largest absolute Gasteiger partial charge is 0.370 e. The molecular formula is C15H20IN4O+. The Morgan fingerprint density at radius 1 is 1.24 bits per heavy atom. The van der Waals surface area contributed by atoms with Crippen LogP contribution in [0, 0.1) is 3.57 Å². The van der Waals surface area contributed by atoms with Crippen molar-refractivity contribution in [3.63, 3.8) is 0 Å². The first-order chi connectivity index (χ1) is 10.3. The molecule has 3 rings (SSSR count). The molecule has 21 heavy (non-hydrogen) atoms. The molecular weight excluding hydrogens is 379 g/mol. The highest BCUT2D eigenvalue weighted by atomic mass is 127. The smallest absolute Gasteiger partial charge is 0.137 e. The molecule has 1 aromatic heterocycles. The van der Waals surface area contributed by atoms with Gasteiger partial charge in [-0.05, 0) is 40.8 Å². The molecule has 0 amide bonds. The standard InChI is InChI=1S/C15H19IN4O/c16-12-2-3-14-13(10-12)15(19-11-18-14)17-4-1-5-20-6-8-21-9-7-20/h2-3,10-11H,1,4-9H2,(H,17,18,19)/p+1. The number of halogens is 1. The second kappa shape index (κ2) is 7.33. The van der Waals surface area contributed by atoms with Crippen LogP contribution in [0.1, 0.15) is 6.42 Å². The van der Waals surface area contributed by atoms with Gasteiger partial charge < -0.3 is 15.0 Å². The lowest BCUT2D eigenvalue weighted by Crippen LogP contribution is -3.14. The monoisotopic (exact) mass is 399 g/mol. The van der Waals surface area contributed by atoms with Gasteiger partial charge in [0.15, 0.2) is 0 Å². The van der Waals surface area contributed by atoms with Crippen molar-refractivity contribution >= 4 is 39.3 Å². The maximum atomic E-state index is 5.38. The fraction of sp³-hybridized carbons (Fsp3) is 0.467. The minimum Gasteiger partial charge on any atom is -0.370 e. The van der Waals surface area contributed by atoms with Crippen molar-refractivity contribution in [2.24, 2.45) is 0 Å². The molecule has 0 spiro atoms. The first kappa shape index (κ1) is 14.9. The molecule has 1 saturated heterocycles. The summed E-state index contributed by atoms with van der Waals surface area (Å²) in [5.74, 6) is 0.940. The number of hydrogen-bond donors (Lipinski definition) is 2. The van der Waals surface area contributed by atoms with Crippen molar-refractivity contribution in [2.45, 2.75) is 6.42 Å². The first-order valence-corrected chi connectivity index (χ1v) is 8.46. The minimum absolute atomic E-state index is 0.901. The van der Waals surface area contributed by atoms with Crippen LogP contribution in [0.4, 0.5) is 5.82 Å². The van der Waals surface area contributed by atoms with Crippen molar-refractivity contribution in [3.05, 3.63) is 28.1 Å². The van der Waals surface area contributed by atoms with E-state index in [-0.39, 0.29) is 0 Å². The Labute approximate surface area is 138 Å². The number of morpholine rings is 1. The summed E-state index contributed by atoms with van der Waals surface area (Å²) >= 11 is 2.32. The summed E-state index contributed by atoms with van der Waals surface area (Å²) in [5, 5.41) is 4.56. The predicted molar refractivity (Wildman–Crippen MR) is 91.7 cm³/mol. The maximum Gasteiger partial charge on any atom is 0.137 e. The van der Waals surface area contributed by atoms with Crippen LogP contribution < -0.4 is 10.2 Å². The van der Waals surface area contributed by atoms with Crippen LogP contribution in [0.15, 0.2) is 24.5 Å². The number of quaternary nitrogens is 1. The fourth-order valence-corrected chi connectivity index (χ4v) is 3.12. The van der Waals surface area contributed by atoms with E-state index in [9.17, 15) is 0 Å². The summed E-state index contributed by atoms with van der Waals surface area (Å²) in [7, 11) is 0. The molecule has 0 unspecified atom stereocenters. The van der Waals surface area contributed by atoms with Gasteiger partial charge in [0, 0.05) is 21.9 Å². The van der Waals surface area contributed by atoms with Gasteiger partial charge in [0.1, 0.15) is 25.2 Å². The molecule has 2 heterocycles. The molecule has 6 heteroatoms. The third-order valence-electron chi connectivity index (χ3n) is 3.80. The molecule has 0 bridgehead atoms. The Morgan fingerprint density at radius 2 is 2.10 bits per heavy atom. The van der Waals surface area contributed by atoms with E-state index in [0.717, 1.165) is 56.0 Å². The van der Waals surface area contributed by atoms with E-state index in [1.54, 1.807) is 11.2 Å². The zero-order valence-electron chi connectivity index (χ0n) is 11.9. The average molecular weight is 399 g/mol. The number of rotatable bonds is 5. The van der Waals surface area contributed by atoms with Gasteiger partial charge in [-0.15, -0.1) is 0 Å². The molecule has 0 atom stereocenters. The lowest BCUT2D eigenvalue weighted by Gasteiger charge is -2.23. The zero-order valence-corrected chi connectivity index (χ0v) is 14.1. The average Bonchev–Trinajstić information content (AvgIpc) is 2.53. The van der Waals surface area contributed by atoms with Gasteiger partial charge in [-0.2, -0.15) is 0 Å². The molecule has 2 aromatic rings. The van der Waals surface area contributed by atoms with E-state index in [1.807, 2.05) is 6.07 Å². The summed E-state index contributed by atoms with van der Waals surface area (Å²) in [6.07, 6.45) is 2.77. The number of benzene rings is 1. The Bertz CT molecular complexity index is 601. The number of anilines is 1. The fourth-order valence-electron chi connectivity index (χ4n) is 2.62. The van der Waals surface area contributed by atoms with Gasteiger partial charge in [-0.1, -0.05) is 0 Å².